The average molecular weight is 291 g/mol. The number of rotatable bonds is 8. The third kappa shape index (κ3) is 6.95. The average Bonchev–Trinajstić information content (AvgIpc) is 2.37. The zero-order valence-electron chi connectivity index (χ0n) is 13.8. The summed E-state index contributed by atoms with van der Waals surface area (Å²) in [7, 11) is -1.49. The van der Waals surface area contributed by atoms with Crippen molar-refractivity contribution in [3.63, 3.8) is 0 Å². The molecule has 0 radical (unpaired) electrons. The second-order valence-electron chi connectivity index (χ2n) is 6.50. The molecule has 1 atom stereocenters. The molecule has 0 saturated carbocycles. The Balaban J connectivity index is 2.79. The summed E-state index contributed by atoms with van der Waals surface area (Å²) in [5.74, 6) is 1.58. The van der Waals surface area contributed by atoms with Crippen LogP contribution in [0.25, 0.3) is 0 Å². The maximum atomic E-state index is 6.10. The van der Waals surface area contributed by atoms with Crippen LogP contribution < -0.4 is 0 Å². The first kappa shape index (κ1) is 17.0. The Hall–Kier alpha value is -1.02. The molecule has 1 rings (SSSR count). The molecule has 0 saturated heterocycles. The zero-order chi connectivity index (χ0) is 15.0. The minimum atomic E-state index is -1.49. The molecule has 0 amide bonds. The van der Waals surface area contributed by atoms with E-state index in [0.29, 0.717) is 5.92 Å². The maximum Gasteiger partial charge on any atom is 0.241 e. The molecule has 20 heavy (non-hydrogen) atoms. The van der Waals surface area contributed by atoms with Crippen molar-refractivity contribution in [1.82, 2.24) is 0 Å². The van der Waals surface area contributed by atoms with Gasteiger partial charge in [0.2, 0.25) is 8.32 Å². The van der Waals surface area contributed by atoms with Gasteiger partial charge < -0.3 is 4.43 Å². The molecule has 0 spiro atoms. The minimum Gasteiger partial charge on any atom is -0.548 e. The fourth-order valence-corrected chi connectivity index (χ4v) is 3.49. The molecule has 0 N–H and O–H groups in total. The molecule has 112 valence electrons. The summed E-state index contributed by atoms with van der Waals surface area (Å²) in [4.78, 5) is 0. The van der Waals surface area contributed by atoms with Gasteiger partial charge in [-0.3, -0.25) is 0 Å². The standard InChI is InChI=1S/C18H30OSi/c1-6-7-9-14-18(17-12-10-8-11-13-17)15-16(2)19-20(3,4)5/h8,10-13,15,18H,6-7,9,14H2,1-5H3/b16-15+/t18-/m1/s1. The third-order valence-corrected chi connectivity index (χ3v) is 4.18. The van der Waals surface area contributed by atoms with Crippen LogP contribution in [0.4, 0.5) is 0 Å². The fourth-order valence-electron chi connectivity index (χ4n) is 2.46. The predicted molar refractivity (Wildman–Crippen MR) is 91.5 cm³/mol. The van der Waals surface area contributed by atoms with E-state index in [2.05, 4.69) is 69.9 Å². The lowest BCUT2D eigenvalue weighted by Gasteiger charge is -2.22. The molecule has 0 bridgehead atoms. The molecule has 1 aromatic carbocycles. The van der Waals surface area contributed by atoms with Crippen molar-refractivity contribution in [3.8, 4) is 0 Å². The molecular weight excluding hydrogens is 260 g/mol. The normalized spacial score (nSPS) is 14.2. The van der Waals surface area contributed by atoms with Gasteiger partial charge in [0, 0.05) is 5.92 Å². The molecule has 0 heterocycles. The Morgan fingerprint density at radius 3 is 2.35 bits per heavy atom. The molecule has 0 aromatic heterocycles. The third-order valence-electron chi connectivity index (χ3n) is 3.25. The van der Waals surface area contributed by atoms with Crippen LogP contribution in [0.15, 0.2) is 42.2 Å². The van der Waals surface area contributed by atoms with Gasteiger partial charge in [-0.05, 0) is 44.6 Å². The minimum absolute atomic E-state index is 0.485. The van der Waals surface area contributed by atoms with Crippen LogP contribution in [0.3, 0.4) is 0 Å². The summed E-state index contributed by atoms with van der Waals surface area (Å²) in [5, 5.41) is 0. The van der Waals surface area contributed by atoms with Crippen molar-refractivity contribution in [3.05, 3.63) is 47.7 Å². The van der Waals surface area contributed by atoms with Crippen LogP contribution in [0.1, 0.15) is 51.0 Å². The summed E-state index contributed by atoms with van der Waals surface area (Å²) in [6, 6.07) is 10.8. The lowest BCUT2D eigenvalue weighted by molar-refractivity contribution is 0.418. The highest BCUT2D eigenvalue weighted by Gasteiger charge is 2.17. The molecule has 0 aliphatic rings. The van der Waals surface area contributed by atoms with Gasteiger partial charge in [-0.25, -0.2) is 0 Å². The number of allylic oxidation sites excluding steroid dienone is 2. The Morgan fingerprint density at radius 1 is 1.15 bits per heavy atom. The van der Waals surface area contributed by atoms with Gasteiger partial charge in [-0.1, -0.05) is 56.5 Å². The van der Waals surface area contributed by atoms with E-state index < -0.39 is 8.32 Å². The Kier molecular flexibility index (Phi) is 7.07. The Labute approximate surface area is 126 Å². The van der Waals surface area contributed by atoms with Gasteiger partial charge in [-0.2, -0.15) is 0 Å². The summed E-state index contributed by atoms with van der Waals surface area (Å²) >= 11 is 0. The van der Waals surface area contributed by atoms with E-state index >= 15 is 0 Å². The van der Waals surface area contributed by atoms with Crippen molar-refractivity contribution in [2.24, 2.45) is 0 Å². The lowest BCUT2D eigenvalue weighted by Crippen LogP contribution is -2.24. The number of hydrogen-bond donors (Lipinski definition) is 0. The van der Waals surface area contributed by atoms with Crippen LogP contribution in [0.2, 0.25) is 19.6 Å². The highest BCUT2D eigenvalue weighted by Crippen LogP contribution is 2.26. The Morgan fingerprint density at radius 2 is 1.80 bits per heavy atom. The summed E-state index contributed by atoms with van der Waals surface area (Å²) in [5.41, 5.74) is 1.40. The van der Waals surface area contributed by atoms with E-state index in [9.17, 15) is 0 Å². The molecule has 0 unspecified atom stereocenters. The first-order valence-electron chi connectivity index (χ1n) is 7.84. The highest BCUT2D eigenvalue weighted by molar-refractivity contribution is 6.70. The topological polar surface area (TPSA) is 9.23 Å². The van der Waals surface area contributed by atoms with Gasteiger partial charge in [-0.15, -0.1) is 0 Å². The van der Waals surface area contributed by atoms with Crippen LogP contribution in [-0.4, -0.2) is 8.32 Å². The SMILES string of the molecule is CCCCC[C@H](/C=C(\C)O[Si](C)(C)C)c1ccccc1. The van der Waals surface area contributed by atoms with Crippen LogP contribution in [-0.2, 0) is 4.43 Å². The molecule has 0 fully saturated rings. The number of unbranched alkanes of at least 4 members (excludes halogenated alkanes) is 2. The molecule has 2 heteroatoms. The van der Waals surface area contributed by atoms with Gasteiger partial charge in [0.05, 0.1) is 5.76 Å². The van der Waals surface area contributed by atoms with E-state index in [1.807, 2.05) is 0 Å². The van der Waals surface area contributed by atoms with E-state index in [-0.39, 0.29) is 0 Å². The molecular formula is C18H30OSi. The van der Waals surface area contributed by atoms with Gasteiger partial charge in [0.15, 0.2) is 0 Å². The summed E-state index contributed by atoms with van der Waals surface area (Å²) < 4.78 is 6.10. The van der Waals surface area contributed by atoms with Crippen LogP contribution >= 0.6 is 0 Å². The first-order valence-corrected chi connectivity index (χ1v) is 11.3. The van der Waals surface area contributed by atoms with Crippen molar-refractivity contribution >= 4 is 8.32 Å². The largest absolute Gasteiger partial charge is 0.548 e. The van der Waals surface area contributed by atoms with Gasteiger partial charge >= 0.3 is 0 Å². The number of benzene rings is 1. The van der Waals surface area contributed by atoms with E-state index in [0.717, 1.165) is 5.76 Å². The molecule has 0 aliphatic carbocycles. The van der Waals surface area contributed by atoms with Gasteiger partial charge in [0.1, 0.15) is 0 Å². The van der Waals surface area contributed by atoms with Crippen molar-refractivity contribution < 1.29 is 4.43 Å². The predicted octanol–water partition coefficient (Wildman–Crippen LogP) is 6.11. The van der Waals surface area contributed by atoms with Crippen molar-refractivity contribution in [1.29, 1.82) is 0 Å². The fraction of sp³-hybridized carbons (Fsp3) is 0.556. The first-order chi connectivity index (χ1) is 9.42. The second-order valence-corrected chi connectivity index (χ2v) is 10.9. The smallest absolute Gasteiger partial charge is 0.241 e. The van der Waals surface area contributed by atoms with E-state index in [1.165, 1.54) is 31.2 Å². The summed E-state index contributed by atoms with van der Waals surface area (Å²) in [6.45, 7) is 11.1. The number of hydrogen-bond acceptors (Lipinski definition) is 1. The van der Waals surface area contributed by atoms with Crippen molar-refractivity contribution in [2.75, 3.05) is 0 Å². The van der Waals surface area contributed by atoms with Crippen LogP contribution in [0, 0.1) is 0 Å². The maximum absolute atomic E-state index is 6.10. The van der Waals surface area contributed by atoms with Crippen LogP contribution in [0.5, 0.6) is 0 Å². The Bertz CT molecular complexity index is 403. The summed E-state index contributed by atoms with van der Waals surface area (Å²) in [6.07, 6.45) is 7.40. The quantitative estimate of drug-likeness (QED) is 0.319. The van der Waals surface area contributed by atoms with Crippen molar-refractivity contribution in [2.45, 2.75) is 65.1 Å². The monoisotopic (exact) mass is 290 g/mol. The molecule has 0 aliphatic heterocycles. The second kappa shape index (κ2) is 8.31. The highest BCUT2D eigenvalue weighted by atomic mass is 28.4. The van der Waals surface area contributed by atoms with E-state index in [4.69, 9.17) is 4.43 Å². The molecule has 1 nitrogen and oxygen atoms in total. The molecule has 1 aromatic rings. The lowest BCUT2D eigenvalue weighted by atomic mass is 9.92. The van der Waals surface area contributed by atoms with Gasteiger partial charge in [0.25, 0.3) is 0 Å². The zero-order valence-corrected chi connectivity index (χ0v) is 14.8. The van der Waals surface area contributed by atoms with E-state index in [1.54, 1.807) is 0 Å².